The molecule has 1 aliphatic rings. The normalized spacial score (nSPS) is 18.2. The van der Waals surface area contributed by atoms with E-state index in [1.165, 1.54) is 11.1 Å². The van der Waals surface area contributed by atoms with E-state index in [0.717, 1.165) is 19.3 Å². The van der Waals surface area contributed by atoms with Crippen molar-refractivity contribution < 1.29 is 4.79 Å². The maximum Gasteiger partial charge on any atom is 0.240 e. The smallest absolute Gasteiger partial charge is 0.240 e. The number of amides is 1. The first-order chi connectivity index (χ1) is 8.92. The van der Waals surface area contributed by atoms with Gasteiger partial charge in [0.2, 0.25) is 5.91 Å². The molecule has 1 amide bonds. The van der Waals surface area contributed by atoms with Crippen LogP contribution in [0.1, 0.15) is 50.3 Å². The zero-order valence-electron chi connectivity index (χ0n) is 12.1. The van der Waals surface area contributed by atoms with Gasteiger partial charge in [-0.2, -0.15) is 0 Å². The van der Waals surface area contributed by atoms with E-state index in [-0.39, 0.29) is 11.9 Å². The standard InChI is InChI=1S/C16H24N2O/c1-11(2)10-14(13-7-5-4-6-12(13)3)18-15(19)16(17)8-9-16/h4-7,11,14H,8-10,17H2,1-3H3,(H,18,19). The number of hydrogen-bond acceptors (Lipinski definition) is 2. The molecule has 0 heterocycles. The van der Waals surface area contributed by atoms with Crippen molar-refractivity contribution in [2.75, 3.05) is 0 Å². The molecule has 0 aliphatic heterocycles. The minimum atomic E-state index is -0.599. The summed E-state index contributed by atoms with van der Waals surface area (Å²) in [6.07, 6.45) is 2.55. The van der Waals surface area contributed by atoms with Crippen molar-refractivity contribution in [1.82, 2.24) is 5.32 Å². The third-order valence-electron chi connectivity index (χ3n) is 3.82. The Kier molecular flexibility index (Phi) is 3.95. The maximum atomic E-state index is 12.2. The topological polar surface area (TPSA) is 55.1 Å². The fourth-order valence-electron chi connectivity index (χ4n) is 2.38. The van der Waals surface area contributed by atoms with Crippen molar-refractivity contribution in [1.29, 1.82) is 0 Å². The van der Waals surface area contributed by atoms with Gasteiger partial charge < -0.3 is 11.1 Å². The van der Waals surface area contributed by atoms with Crippen LogP contribution >= 0.6 is 0 Å². The molecule has 0 spiro atoms. The first-order valence-corrected chi connectivity index (χ1v) is 7.08. The van der Waals surface area contributed by atoms with E-state index in [4.69, 9.17) is 5.73 Å². The molecule has 1 unspecified atom stereocenters. The minimum Gasteiger partial charge on any atom is -0.348 e. The second-order valence-corrected chi connectivity index (χ2v) is 6.17. The Balaban J connectivity index is 2.16. The van der Waals surface area contributed by atoms with Crippen LogP contribution < -0.4 is 11.1 Å². The molecule has 1 fully saturated rings. The molecule has 0 saturated heterocycles. The molecule has 104 valence electrons. The quantitative estimate of drug-likeness (QED) is 0.855. The van der Waals surface area contributed by atoms with E-state index in [9.17, 15) is 4.79 Å². The molecular formula is C16H24N2O. The first kappa shape index (κ1) is 14.1. The zero-order valence-corrected chi connectivity index (χ0v) is 12.1. The summed E-state index contributed by atoms with van der Waals surface area (Å²) in [4.78, 5) is 12.2. The number of hydrogen-bond donors (Lipinski definition) is 2. The number of benzene rings is 1. The second-order valence-electron chi connectivity index (χ2n) is 6.17. The van der Waals surface area contributed by atoms with Crippen molar-refractivity contribution in [3.63, 3.8) is 0 Å². The van der Waals surface area contributed by atoms with Gasteiger partial charge in [0.05, 0.1) is 11.6 Å². The SMILES string of the molecule is Cc1ccccc1C(CC(C)C)NC(=O)C1(N)CC1. The van der Waals surface area contributed by atoms with Crippen LogP contribution in [0.5, 0.6) is 0 Å². The Labute approximate surface area is 115 Å². The van der Waals surface area contributed by atoms with Crippen LogP contribution in [-0.4, -0.2) is 11.4 Å². The molecule has 3 nitrogen and oxygen atoms in total. The minimum absolute atomic E-state index is 0.00130. The van der Waals surface area contributed by atoms with Gasteiger partial charge in [-0.15, -0.1) is 0 Å². The number of nitrogens with two attached hydrogens (primary N) is 1. The Morgan fingerprint density at radius 3 is 2.53 bits per heavy atom. The molecule has 1 saturated carbocycles. The number of rotatable bonds is 5. The van der Waals surface area contributed by atoms with Crippen LogP contribution in [-0.2, 0) is 4.79 Å². The highest BCUT2D eigenvalue weighted by atomic mass is 16.2. The highest BCUT2D eigenvalue weighted by molar-refractivity contribution is 5.89. The van der Waals surface area contributed by atoms with Crippen molar-refractivity contribution in [2.24, 2.45) is 11.7 Å². The van der Waals surface area contributed by atoms with Gasteiger partial charge in [0.25, 0.3) is 0 Å². The Morgan fingerprint density at radius 2 is 2.00 bits per heavy atom. The molecule has 1 aliphatic carbocycles. The summed E-state index contributed by atoms with van der Waals surface area (Å²) >= 11 is 0. The Morgan fingerprint density at radius 1 is 1.37 bits per heavy atom. The monoisotopic (exact) mass is 260 g/mol. The summed E-state index contributed by atoms with van der Waals surface area (Å²) in [6, 6.07) is 8.30. The molecule has 0 radical (unpaired) electrons. The number of nitrogens with one attached hydrogen (secondary N) is 1. The average molecular weight is 260 g/mol. The molecule has 3 heteroatoms. The molecule has 19 heavy (non-hydrogen) atoms. The summed E-state index contributed by atoms with van der Waals surface area (Å²) in [6.45, 7) is 6.43. The molecule has 1 aromatic rings. The van der Waals surface area contributed by atoms with E-state index in [1.54, 1.807) is 0 Å². The summed E-state index contributed by atoms with van der Waals surface area (Å²) in [5.74, 6) is 0.527. The lowest BCUT2D eigenvalue weighted by Gasteiger charge is -2.24. The molecular weight excluding hydrogens is 236 g/mol. The lowest BCUT2D eigenvalue weighted by molar-refractivity contribution is -0.124. The number of aryl methyl sites for hydroxylation is 1. The van der Waals surface area contributed by atoms with Gasteiger partial charge in [-0.05, 0) is 43.2 Å². The fraction of sp³-hybridized carbons (Fsp3) is 0.562. The van der Waals surface area contributed by atoms with Gasteiger partial charge >= 0.3 is 0 Å². The predicted octanol–water partition coefficient (Wildman–Crippen LogP) is 2.69. The third kappa shape index (κ3) is 3.35. The first-order valence-electron chi connectivity index (χ1n) is 7.08. The molecule has 1 atom stereocenters. The van der Waals surface area contributed by atoms with Crippen LogP contribution in [0, 0.1) is 12.8 Å². The molecule has 0 bridgehead atoms. The van der Waals surface area contributed by atoms with Crippen molar-refractivity contribution in [2.45, 2.75) is 51.6 Å². The summed E-state index contributed by atoms with van der Waals surface area (Å²) in [5, 5.41) is 3.14. The van der Waals surface area contributed by atoms with E-state index in [2.05, 4.69) is 38.2 Å². The van der Waals surface area contributed by atoms with Crippen molar-refractivity contribution >= 4 is 5.91 Å². The Hall–Kier alpha value is -1.35. The van der Waals surface area contributed by atoms with E-state index >= 15 is 0 Å². The van der Waals surface area contributed by atoms with Gasteiger partial charge in [-0.1, -0.05) is 38.1 Å². The highest BCUT2D eigenvalue weighted by Gasteiger charge is 2.46. The maximum absolute atomic E-state index is 12.2. The number of carbonyl (C=O) groups excluding carboxylic acids is 1. The highest BCUT2D eigenvalue weighted by Crippen LogP contribution is 2.34. The number of carbonyl (C=O) groups is 1. The van der Waals surface area contributed by atoms with E-state index < -0.39 is 5.54 Å². The average Bonchev–Trinajstić information content (AvgIpc) is 3.08. The molecule has 3 N–H and O–H groups in total. The summed E-state index contributed by atoms with van der Waals surface area (Å²) in [5.41, 5.74) is 7.79. The lowest BCUT2D eigenvalue weighted by atomic mass is 9.93. The summed E-state index contributed by atoms with van der Waals surface area (Å²) in [7, 11) is 0. The van der Waals surface area contributed by atoms with Crippen LogP contribution in [0.15, 0.2) is 24.3 Å². The van der Waals surface area contributed by atoms with Crippen LogP contribution in [0.2, 0.25) is 0 Å². The Bertz CT molecular complexity index is 464. The van der Waals surface area contributed by atoms with E-state index in [0.29, 0.717) is 5.92 Å². The van der Waals surface area contributed by atoms with Crippen LogP contribution in [0.4, 0.5) is 0 Å². The van der Waals surface area contributed by atoms with Crippen molar-refractivity contribution in [3.05, 3.63) is 35.4 Å². The van der Waals surface area contributed by atoms with Gasteiger partial charge in [-0.25, -0.2) is 0 Å². The van der Waals surface area contributed by atoms with Crippen molar-refractivity contribution in [3.8, 4) is 0 Å². The lowest BCUT2D eigenvalue weighted by Crippen LogP contribution is -2.44. The largest absolute Gasteiger partial charge is 0.348 e. The van der Waals surface area contributed by atoms with Gasteiger partial charge in [0, 0.05) is 0 Å². The summed E-state index contributed by atoms with van der Waals surface area (Å²) < 4.78 is 0. The van der Waals surface area contributed by atoms with Crippen LogP contribution in [0.3, 0.4) is 0 Å². The third-order valence-corrected chi connectivity index (χ3v) is 3.82. The van der Waals surface area contributed by atoms with Gasteiger partial charge in [0.1, 0.15) is 0 Å². The van der Waals surface area contributed by atoms with Crippen LogP contribution in [0.25, 0.3) is 0 Å². The molecule has 1 aromatic carbocycles. The predicted molar refractivity (Wildman–Crippen MR) is 77.7 cm³/mol. The fourth-order valence-corrected chi connectivity index (χ4v) is 2.38. The van der Waals surface area contributed by atoms with E-state index in [1.807, 2.05) is 12.1 Å². The molecule has 2 rings (SSSR count). The zero-order chi connectivity index (χ0) is 14.0. The van der Waals surface area contributed by atoms with Gasteiger partial charge in [0.15, 0.2) is 0 Å². The molecule has 0 aromatic heterocycles. The van der Waals surface area contributed by atoms with Gasteiger partial charge in [-0.3, -0.25) is 4.79 Å². The second kappa shape index (κ2) is 5.33.